The van der Waals surface area contributed by atoms with Crippen LogP contribution in [-0.4, -0.2) is 61.8 Å². The third-order valence-electron chi connectivity index (χ3n) is 8.98. The first-order valence-electron chi connectivity index (χ1n) is 13.3. The Morgan fingerprint density at radius 1 is 0.824 bits per heavy atom. The number of quaternary nitrogens is 2. The second-order valence-electron chi connectivity index (χ2n) is 12.0. The highest BCUT2D eigenvalue weighted by Gasteiger charge is 2.37. The quantitative estimate of drug-likeness (QED) is 0.280. The van der Waals surface area contributed by atoms with Crippen LogP contribution in [0.4, 0.5) is 0 Å². The molecule has 4 aliphatic rings. The Kier molecular flexibility index (Phi) is 7.22. The van der Waals surface area contributed by atoms with Crippen molar-refractivity contribution in [2.24, 2.45) is 10.8 Å². The van der Waals surface area contributed by atoms with Crippen LogP contribution in [0.3, 0.4) is 0 Å². The molecule has 3 atom stereocenters. The SMILES string of the molecule is C=CC1(C)C=CC=C(CC[N+]2(CC[N+]3(C)CCC4=C(C=CC(C)(C=C)C=C4)C3)CCCC2)C=C1. The number of allylic oxidation sites excluding steroid dienone is 10. The minimum atomic E-state index is -0.0243. The molecule has 2 heterocycles. The average Bonchev–Trinajstić information content (AvgIpc) is 3.14. The molecule has 3 unspecified atom stereocenters. The van der Waals surface area contributed by atoms with Gasteiger partial charge in [-0.1, -0.05) is 66.8 Å². The lowest BCUT2D eigenvalue weighted by Crippen LogP contribution is -2.57. The molecule has 2 heteroatoms. The van der Waals surface area contributed by atoms with E-state index in [1.807, 2.05) is 6.08 Å². The van der Waals surface area contributed by atoms with Crippen molar-refractivity contribution < 1.29 is 8.97 Å². The molecule has 2 nitrogen and oxygen atoms in total. The summed E-state index contributed by atoms with van der Waals surface area (Å²) < 4.78 is 2.47. The van der Waals surface area contributed by atoms with Gasteiger partial charge in [0.05, 0.1) is 33.2 Å². The largest absolute Gasteiger partial charge is 0.319 e. The zero-order valence-corrected chi connectivity index (χ0v) is 21.9. The van der Waals surface area contributed by atoms with Crippen LogP contribution < -0.4 is 0 Å². The molecule has 4 rings (SSSR count). The van der Waals surface area contributed by atoms with Gasteiger partial charge in [-0.2, -0.15) is 0 Å². The van der Waals surface area contributed by atoms with E-state index >= 15 is 0 Å². The van der Waals surface area contributed by atoms with Crippen molar-refractivity contribution in [1.29, 1.82) is 0 Å². The first kappa shape index (κ1) is 24.9. The topological polar surface area (TPSA) is 0 Å². The highest BCUT2D eigenvalue weighted by atomic mass is 15.4. The van der Waals surface area contributed by atoms with Gasteiger partial charge in [0.2, 0.25) is 0 Å². The maximum absolute atomic E-state index is 4.05. The fraction of sp³-hybridized carbons (Fsp3) is 0.500. The summed E-state index contributed by atoms with van der Waals surface area (Å²) in [5, 5.41) is 0. The zero-order valence-electron chi connectivity index (χ0n) is 21.9. The Hall–Kier alpha value is -2.16. The van der Waals surface area contributed by atoms with E-state index in [-0.39, 0.29) is 10.8 Å². The molecule has 0 saturated carbocycles. The highest BCUT2D eigenvalue weighted by Crippen LogP contribution is 2.33. The molecule has 0 amide bonds. The van der Waals surface area contributed by atoms with Gasteiger partial charge in [-0.05, 0) is 25.0 Å². The van der Waals surface area contributed by atoms with Crippen molar-refractivity contribution in [3.05, 3.63) is 96.7 Å². The molecule has 0 radical (unpaired) electrons. The van der Waals surface area contributed by atoms with Crippen LogP contribution in [0.2, 0.25) is 0 Å². The van der Waals surface area contributed by atoms with Gasteiger partial charge < -0.3 is 8.97 Å². The fourth-order valence-corrected chi connectivity index (χ4v) is 5.90. The minimum Gasteiger partial charge on any atom is -0.319 e. The van der Waals surface area contributed by atoms with Crippen LogP contribution in [0.15, 0.2) is 96.7 Å². The second kappa shape index (κ2) is 9.84. The number of likely N-dealkylation sites (tertiary alicyclic amines) is 1. The molecule has 0 aromatic heterocycles. The van der Waals surface area contributed by atoms with Gasteiger partial charge in [0, 0.05) is 42.1 Å². The molecule has 0 bridgehead atoms. The lowest BCUT2D eigenvalue weighted by molar-refractivity contribution is -0.965. The zero-order chi connectivity index (χ0) is 24.3. The number of rotatable bonds is 8. The van der Waals surface area contributed by atoms with Crippen molar-refractivity contribution in [3.63, 3.8) is 0 Å². The van der Waals surface area contributed by atoms with Gasteiger partial charge in [-0.15, -0.1) is 13.2 Å². The summed E-state index contributed by atoms with van der Waals surface area (Å²) in [7, 11) is 2.49. The van der Waals surface area contributed by atoms with Crippen LogP contribution in [0.1, 0.15) is 39.5 Å². The summed E-state index contributed by atoms with van der Waals surface area (Å²) in [6.45, 7) is 21.5. The van der Waals surface area contributed by atoms with Crippen molar-refractivity contribution in [3.8, 4) is 0 Å². The fourth-order valence-electron chi connectivity index (χ4n) is 5.90. The molecule has 182 valence electrons. The number of hydrogen-bond acceptors (Lipinski definition) is 0. The lowest BCUT2D eigenvalue weighted by Gasteiger charge is -2.42. The van der Waals surface area contributed by atoms with E-state index in [0.29, 0.717) is 0 Å². The molecule has 0 N–H and O–H groups in total. The first-order chi connectivity index (χ1) is 16.2. The average molecular weight is 459 g/mol. The number of likely N-dealkylation sites (N-methyl/N-ethyl adjacent to an activating group) is 1. The molecule has 0 spiro atoms. The molecule has 2 aliphatic heterocycles. The van der Waals surface area contributed by atoms with Crippen LogP contribution >= 0.6 is 0 Å². The molecule has 1 saturated heterocycles. The minimum absolute atomic E-state index is 0.0229. The van der Waals surface area contributed by atoms with E-state index in [4.69, 9.17) is 0 Å². The van der Waals surface area contributed by atoms with Gasteiger partial charge in [-0.3, -0.25) is 0 Å². The van der Waals surface area contributed by atoms with Gasteiger partial charge in [0.1, 0.15) is 19.6 Å². The molecule has 34 heavy (non-hydrogen) atoms. The Morgan fingerprint density at radius 3 is 2.18 bits per heavy atom. The van der Waals surface area contributed by atoms with Crippen LogP contribution in [0, 0.1) is 10.8 Å². The summed E-state index contributed by atoms with van der Waals surface area (Å²) in [6.07, 6.45) is 30.1. The van der Waals surface area contributed by atoms with Crippen molar-refractivity contribution in [1.82, 2.24) is 0 Å². The summed E-state index contributed by atoms with van der Waals surface area (Å²) in [6, 6.07) is 0. The predicted molar refractivity (Wildman–Crippen MR) is 147 cm³/mol. The Labute approximate surface area is 208 Å². The van der Waals surface area contributed by atoms with Crippen LogP contribution in [-0.2, 0) is 0 Å². The van der Waals surface area contributed by atoms with E-state index in [9.17, 15) is 0 Å². The van der Waals surface area contributed by atoms with Gasteiger partial charge in [-0.25, -0.2) is 0 Å². The molecular weight excluding hydrogens is 412 g/mol. The lowest BCUT2D eigenvalue weighted by atomic mass is 9.90. The Morgan fingerprint density at radius 2 is 1.47 bits per heavy atom. The molecule has 2 aliphatic carbocycles. The standard InChI is InChI=1S/C32H46N2/c1-6-31(3)17-10-11-28(12-18-31)15-24-34(21-8-9-22-34)26-25-33(5)23-16-29-13-19-32(4,7-2)20-14-30(29)27-33/h6-7,10-14,17-20H,1-2,8-9,15-16,21-27H2,3-5H3/q+2. The summed E-state index contributed by atoms with van der Waals surface area (Å²) in [5.41, 5.74) is 4.48. The third-order valence-corrected chi connectivity index (χ3v) is 8.98. The predicted octanol–water partition coefficient (Wildman–Crippen LogP) is 6.70. The maximum atomic E-state index is 4.05. The maximum Gasteiger partial charge on any atom is 0.129 e. The van der Waals surface area contributed by atoms with E-state index < -0.39 is 0 Å². The monoisotopic (exact) mass is 458 g/mol. The number of hydrogen-bond donors (Lipinski definition) is 0. The van der Waals surface area contributed by atoms with E-state index in [1.54, 1.807) is 0 Å². The summed E-state index contributed by atoms with van der Waals surface area (Å²) in [5.74, 6) is 0. The second-order valence-corrected chi connectivity index (χ2v) is 12.0. The smallest absolute Gasteiger partial charge is 0.129 e. The van der Waals surface area contributed by atoms with Gasteiger partial charge in [0.15, 0.2) is 0 Å². The summed E-state index contributed by atoms with van der Waals surface area (Å²) >= 11 is 0. The van der Waals surface area contributed by atoms with E-state index in [0.717, 1.165) is 6.54 Å². The molecular formula is C32H46N2+2. The van der Waals surface area contributed by atoms with Gasteiger partial charge in [0.25, 0.3) is 0 Å². The third kappa shape index (κ3) is 5.73. The van der Waals surface area contributed by atoms with Crippen molar-refractivity contribution in [2.75, 3.05) is 52.9 Å². The highest BCUT2D eigenvalue weighted by molar-refractivity contribution is 5.41. The van der Waals surface area contributed by atoms with Crippen molar-refractivity contribution >= 4 is 0 Å². The van der Waals surface area contributed by atoms with Gasteiger partial charge >= 0.3 is 0 Å². The van der Waals surface area contributed by atoms with Crippen LogP contribution in [0.5, 0.6) is 0 Å². The normalized spacial score (nSPS) is 34.4. The molecule has 0 aromatic rings. The Balaban J connectivity index is 1.39. The summed E-state index contributed by atoms with van der Waals surface area (Å²) in [4.78, 5) is 0. The van der Waals surface area contributed by atoms with E-state index in [2.05, 4.69) is 94.8 Å². The molecule has 0 aromatic carbocycles. The Bertz CT molecular complexity index is 980. The number of nitrogens with zero attached hydrogens (tertiary/aromatic N) is 2. The van der Waals surface area contributed by atoms with Crippen LogP contribution in [0.25, 0.3) is 0 Å². The van der Waals surface area contributed by atoms with E-state index in [1.165, 1.54) is 90.6 Å². The van der Waals surface area contributed by atoms with Crippen molar-refractivity contribution in [2.45, 2.75) is 39.5 Å². The first-order valence-corrected chi connectivity index (χ1v) is 13.3. The molecule has 1 fully saturated rings.